The van der Waals surface area contributed by atoms with Crippen molar-refractivity contribution in [2.24, 2.45) is 0 Å². The Morgan fingerprint density at radius 1 is 1.24 bits per heavy atom. The van der Waals surface area contributed by atoms with Crippen LogP contribution in [0.5, 0.6) is 11.5 Å². The fourth-order valence-corrected chi connectivity index (χ4v) is 2.16. The van der Waals surface area contributed by atoms with Crippen LogP contribution in [0.1, 0.15) is 30.1 Å². The summed E-state index contributed by atoms with van der Waals surface area (Å²) in [7, 11) is 0. The number of carboxylic acids is 1. The van der Waals surface area contributed by atoms with Crippen molar-refractivity contribution in [3.63, 3.8) is 0 Å². The average Bonchev–Trinajstić information content (AvgIpc) is 2.70. The Bertz CT molecular complexity index is 529. The maximum absolute atomic E-state index is 12.4. The molecule has 0 unspecified atom stereocenters. The molecule has 0 atom stereocenters. The van der Waals surface area contributed by atoms with Gasteiger partial charge in [-0.2, -0.15) is 0 Å². The van der Waals surface area contributed by atoms with Crippen LogP contribution in [-0.2, 0) is 4.79 Å². The second kappa shape index (κ2) is 6.97. The summed E-state index contributed by atoms with van der Waals surface area (Å²) in [6.45, 7) is 3.12. The molecule has 1 aromatic rings. The van der Waals surface area contributed by atoms with Crippen molar-refractivity contribution in [2.75, 3.05) is 26.3 Å². The number of carboxylic acid groups (broad SMARTS) is 1. The first-order valence-corrected chi connectivity index (χ1v) is 7.02. The van der Waals surface area contributed by atoms with Crippen LogP contribution < -0.4 is 9.47 Å². The highest BCUT2D eigenvalue weighted by Gasteiger charge is 2.20. The number of nitrogens with zero attached hydrogens (tertiary/aromatic N) is 1. The van der Waals surface area contributed by atoms with Crippen LogP contribution in [0, 0.1) is 0 Å². The van der Waals surface area contributed by atoms with E-state index in [1.807, 2.05) is 6.92 Å². The molecule has 1 amide bonds. The van der Waals surface area contributed by atoms with Gasteiger partial charge in [-0.05, 0) is 24.6 Å². The summed E-state index contributed by atoms with van der Waals surface area (Å²) >= 11 is 0. The van der Waals surface area contributed by atoms with Gasteiger partial charge in [-0.15, -0.1) is 0 Å². The zero-order chi connectivity index (χ0) is 15.2. The molecule has 0 saturated heterocycles. The SMILES string of the molecule is CCCN(CC(=O)O)C(=O)c1ccc2c(c1)OCCCO2. The molecule has 0 spiro atoms. The molecule has 0 fully saturated rings. The molecule has 1 N–H and O–H groups in total. The van der Waals surface area contributed by atoms with Gasteiger partial charge in [-0.3, -0.25) is 9.59 Å². The van der Waals surface area contributed by atoms with E-state index in [2.05, 4.69) is 0 Å². The van der Waals surface area contributed by atoms with Gasteiger partial charge in [0.1, 0.15) is 6.54 Å². The van der Waals surface area contributed by atoms with E-state index in [9.17, 15) is 9.59 Å². The summed E-state index contributed by atoms with van der Waals surface area (Å²) in [5.74, 6) is -0.185. The van der Waals surface area contributed by atoms with Crippen LogP contribution in [0.15, 0.2) is 18.2 Å². The van der Waals surface area contributed by atoms with E-state index in [1.165, 1.54) is 4.90 Å². The van der Waals surface area contributed by atoms with Gasteiger partial charge in [-0.1, -0.05) is 6.92 Å². The molecule has 0 bridgehead atoms. The van der Waals surface area contributed by atoms with E-state index in [0.717, 1.165) is 6.42 Å². The van der Waals surface area contributed by atoms with E-state index in [4.69, 9.17) is 14.6 Å². The number of rotatable bonds is 5. The second-order valence-corrected chi connectivity index (χ2v) is 4.83. The predicted molar refractivity (Wildman–Crippen MR) is 75.9 cm³/mol. The minimum Gasteiger partial charge on any atom is -0.490 e. The molecule has 0 aromatic heterocycles. The third kappa shape index (κ3) is 3.87. The maximum Gasteiger partial charge on any atom is 0.323 e. The highest BCUT2D eigenvalue weighted by atomic mass is 16.5. The minimum absolute atomic E-state index is 0.304. The van der Waals surface area contributed by atoms with Crippen LogP contribution in [0.2, 0.25) is 0 Å². The van der Waals surface area contributed by atoms with Crippen molar-refractivity contribution in [3.8, 4) is 11.5 Å². The fourth-order valence-electron chi connectivity index (χ4n) is 2.16. The molecular weight excluding hydrogens is 274 g/mol. The molecule has 0 saturated carbocycles. The van der Waals surface area contributed by atoms with Gasteiger partial charge < -0.3 is 19.5 Å². The van der Waals surface area contributed by atoms with Crippen LogP contribution in [0.25, 0.3) is 0 Å². The van der Waals surface area contributed by atoms with Gasteiger partial charge in [0.15, 0.2) is 11.5 Å². The van der Waals surface area contributed by atoms with E-state index in [1.54, 1.807) is 18.2 Å². The quantitative estimate of drug-likeness (QED) is 0.895. The number of carbonyl (C=O) groups excluding carboxylic acids is 1. The number of aliphatic carboxylic acids is 1. The molecule has 114 valence electrons. The van der Waals surface area contributed by atoms with Crippen molar-refractivity contribution in [1.29, 1.82) is 0 Å². The van der Waals surface area contributed by atoms with Crippen LogP contribution in [-0.4, -0.2) is 48.2 Å². The zero-order valence-electron chi connectivity index (χ0n) is 12.0. The Balaban J connectivity index is 2.21. The summed E-state index contributed by atoms with van der Waals surface area (Å²) in [6, 6.07) is 4.95. The van der Waals surface area contributed by atoms with Gasteiger partial charge in [0, 0.05) is 18.5 Å². The molecule has 6 nitrogen and oxygen atoms in total. The Kier molecular flexibility index (Phi) is 5.03. The van der Waals surface area contributed by atoms with Gasteiger partial charge in [-0.25, -0.2) is 0 Å². The summed E-state index contributed by atoms with van der Waals surface area (Å²) < 4.78 is 11.1. The molecule has 1 aliphatic heterocycles. The molecule has 1 aliphatic rings. The predicted octanol–water partition coefficient (Wildman–Crippen LogP) is 1.78. The maximum atomic E-state index is 12.4. The average molecular weight is 293 g/mol. The van der Waals surface area contributed by atoms with E-state index in [0.29, 0.717) is 43.2 Å². The van der Waals surface area contributed by atoms with Crippen LogP contribution >= 0.6 is 0 Å². The molecule has 1 heterocycles. The molecule has 21 heavy (non-hydrogen) atoms. The normalized spacial score (nSPS) is 13.4. The van der Waals surface area contributed by atoms with Crippen molar-refractivity contribution in [1.82, 2.24) is 4.90 Å². The molecule has 6 heteroatoms. The fraction of sp³-hybridized carbons (Fsp3) is 0.467. The first-order chi connectivity index (χ1) is 10.1. The Hall–Kier alpha value is -2.24. The van der Waals surface area contributed by atoms with Gasteiger partial charge in [0.2, 0.25) is 0 Å². The Morgan fingerprint density at radius 2 is 1.95 bits per heavy atom. The van der Waals surface area contributed by atoms with Crippen molar-refractivity contribution < 1.29 is 24.2 Å². The Morgan fingerprint density at radius 3 is 2.62 bits per heavy atom. The van der Waals surface area contributed by atoms with Gasteiger partial charge in [0.25, 0.3) is 5.91 Å². The lowest BCUT2D eigenvalue weighted by atomic mass is 10.1. The number of ether oxygens (including phenoxy) is 2. The lowest BCUT2D eigenvalue weighted by Gasteiger charge is -2.20. The third-order valence-electron chi connectivity index (χ3n) is 3.10. The largest absolute Gasteiger partial charge is 0.490 e. The smallest absolute Gasteiger partial charge is 0.323 e. The van der Waals surface area contributed by atoms with Gasteiger partial charge in [0.05, 0.1) is 13.2 Å². The first-order valence-electron chi connectivity index (χ1n) is 7.02. The van der Waals surface area contributed by atoms with Crippen molar-refractivity contribution in [2.45, 2.75) is 19.8 Å². The summed E-state index contributed by atoms with van der Waals surface area (Å²) in [5.41, 5.74) is 0.411. The van der Waals surface area contributed by atoms with Crippen molar-refractivity contribution in [3.05, 3.63) is 23.8 Å². The number of fused-ring (bicyclic) bond motifs is 1. The molecule has 2 rings (SSSR count). The summed E-state index contributed by atoms with van der Waals surface area (Å²) in [5, 5.41) is 8.90. The number of carbonyl (C=O) groups is 2. The highest BCUT2D eigenvalue weighted by Crippen LogP contribution is 2.30. The molecule has 1 aromatic carbocycles. The van der Waals surface area contributed by atoms with Gasteiger partial charge >= 0.3 is 5.97 Å². The van der Waals surface area contributed by atoms with E-state index in [-0.39, 0.29) is 12.5 Å². The van der Waals surface area contributed by atoms with E-state index >= 15 is 0 Å². The number of hydrogen-bond acceptors (Lipinski definition) is 4. The van der Waals surface area contributed by atoms with Crippen molar-refractivity contribution >= 4 is 11.9 Å². The third-order valence-corrected chi connectivity index (χ3v) is 3.10. The standard InChI is InChI=1S/C15H19NO5/c1-2-6-16(10-14(17)18)15(19)11-4-5-12-13(9-11)21-8-3-7-20-12/h4-5,9H,2-3,6-8,10H2,1H3,(H,17,18). The topological polar surface area (TPSA) is 76.1 Å². The lowest BCUT2D eigenvalue weighted by Crippen LogP contribution is -2.36. The summed E-state index contributed by atoms with van der Waals surface area (Å²) in [4.78, 5) is 24.6. The molecular formula is C15H19NO5. The number of amides is 1. The zero-order valence-corrected chi connectivity index (χ0v) is 12.0. The van der Waals surface area contributed by atoms with Crippen LogP contribution in [0.3, 0.4) is 0 Å². The second-order valence-electron chi connectivity index (χ2n) is 4.83. The number of benzene rings is 1. The summed E-state index contributed by atoms with van der Waals surface area (Å²) in [6.07, 6.45) is 1.49. The Labute approximate surface area is 123 Å². The lowest BCUT2D eigenvalue weighted by molar-refractivity contribution is -0.137. The first kappa shape index (κ1) is 15.2. The molecule has 0 aliphatic carbocycles. The number of hydrogen-bond donors (Lipinski definition) is 1. The highest BCUT2D eigenvalue weighted by molar-refractivity contribution is 5.96. The monoisotopic (exact) mass is 293 g/mol. The minimum atomic E-state index is -1.02. The van der Waals surface area contributed by atoms with E-state index < -0.39 is 5.97 Å². The van der Waals surface area contributed by atoms with Crippen LogP contribution in [0.4, 0.5) is 0 Å². The molecule has 0 radical (unpaired) electrons.